The van der Waals surface area contributed by atoms with Crippen LogP contribution in [-0.4, -0.2) is 20.1 Å². The van der Waals surface area contributed by atoms with E-state index in [4.69, 9.17) is 11.6 Å². The number of aliphatic hydroxyl groups excluding tert-OH is 1. The number of hydrogen-bond acceptors (Lipinski definition) is 3. The molecule has 2 aromatic carbocycles. The van der Waals surface area contributed by atoms with E-state index >= 15 is 0 Å². The zero-order chi connectivity index (χ0) is 14.8. The molecule has 1 N–H and O–H groups in total. The minimum atomic E-state index is -0.856. The Hall–Kier alpha value is -1.69. The fourth-order valence-corrected chi connectivity index (χ4v) is 2.49. The number of benzene rings is 2. The van der Waals surface area contributed by atoms with E-state index in [1.807, 2.05) is 36.4 Å². The van der Waals surface area contributed by atoms with Gasteiger partial charge in [-0.2, -0.15) is 0 Å². The molecule has 0 fully saturated rings. The predicted molar refractivity (Wildman–Crippen MR) is 84.6 cm³/mol. The van der Waals surface area contributed by atoms with E-state index in [1.165, 1.54) is 0 Å². The minimum Gasteiger partial charge on any atom is -0.382 e. The quantitative estimate of drug-likeness (QED) is 0.770. The molecule has 0 bridgehead atoms. The number of rotatable bonds is 3. The highest BCUT2D eigenvalue weighted by molar-refractivity contribution is 9.10. The third-order valence-electron chi connectivity index (χ3n) is 3.12. The summed E-state index contributed by atoms with van der Waals surface area (Å²) in [6, 6.07) is 14.9. The lowest BCUT2D eigenvalue weighted by molar-refractivity contribution is 0.212. The number of aliphatic hydroxyl groups is 1. The smallest absolute Gasteiger partial charge is 0.123 e. The Kier molecular flexibility index (Phi) is 4.05. The number of halogens is 2. The summed E-state index contributed by atoms with van der Waals surface area (Å²) < 4.78 is 2.40. The Labute approximate surface area is 135 Å². The molecule has 0 radical (unpaired) electrons. The molecule has 3 aromatic rings. The van der Waals surface area contributed by atoms with Gasteiger partial charge in [-0.25, -0.2) is 4.68 Å². The van der Waals surface area contributed by atoms with Crippen molar-refractivity contribution in [3.8, 4) is 5.69 Å². The number of para-hydroxylation sites is 1. The molecule has 6 heteroatoms. The van der Waals surface area contributed by atoms with Gasteiger partial charge in [0.15, 0.2) is 0 Å². The van der Waals surface area contributed by atoms with E-state index in [1.54, 1.807) is 23.0 Å². The minimum absolute atomic E-state index is 0.547. The fraction of sp³-hybridized carbons (Fsp3) is 0.0667. The molecule has 106 valence electrons. The van der Waals surface area contributed by atoms with E-state index in [-0.39, 0.29) is 0 Å². The average molecular weight is 365 g/mol. The average Bonchev–Trinajstić information content (AvgIpc) is 2.99. The van der Waals surface area contributed by atoms with Crippen molar-refractivity contribution in [1.82, 2.24) is 15.0 Å². The molecule has 0 aliphatic heterocycles. The van der Waals surface area contributed by atoms with Crippen molar-refractivity contribution in [2.24, 2.45) is 0 Å². The van der Waals surface area contributed by atoms with Crippen LogP contribution in [0.1, 0.15) is 17.4 Å². The molecule has 4 nitrogen and oxygen atoms in total. The first-order valence-electron chi connectivity index (χ1n) is 6.26. The van der Waals surface area contributed by atoms with Crippen LogP contribution in [0.4, 0.5) is 0 Å². The molecule has 0 saturated heterocycles. The zero-order valence-electron chi connectivity index (χ0n) is 10.8. The van der Waals surface area contributed by atoms with Gasteiger partial charge in [0.1, 0.15) is 6.10 Å². The molecule has 0 saturated carbocycles. The first-order chi connectivity index (χ1) is 10.2. The normalized spacial score (nSPS) is 12.3. The van der Waals surface area contributed by atoms with Crippen LogP contribution < -0.4 is 0 Å². The second-order valence-corrected chi connectivity index (χ2v) is 5.74. The van der Waals surface area contributed by atoms with Gasteiger partial charge in [0, 0.05) is 4.47 Å². The van der Waals surface area contributed by atoms with Crippen LogP contribution in [0.3, 0.4) is 0 Å². The van der Waals surface area contributed by atoms with Crippen LogP contribution in [0.5, 0.6) is 0 Å². The van der Waals surface area contributed by atoms with E-state index < -0.39 is 6.10 Å². The highest BCUT2D eigenvalue weighted by atomic mass is 79.9. The zero-order valence-corrected chi connectivity index (χ0v) is 13.2. The highest BCUT2D eigenvalue weighted by Gasteiger charge is 2.18. The molecule has 0 amide bonds. The summed E-state index contributed by atoms with van der Waals surface area (Å²) in [5.74, 6) is 0. The molecule has 3 rings (SSSR count). The lowest BCUT2D eigenvalue weighted by Crippen LogP contribution is -2.08. The van der Waals surface area contributed by atoms with Crippen molar-refractivity contribution in [2.75, 3.05) is 0 Å². The van der Waals surface area contributed by atoms with E-state index in [0.29, 0.717) is 16.3 Å². The largest absolute Gasteiger partial charge is 0.382 e. The van der Waals surface area contributed by atoms with Crippen LogP contribution in [0.15, 0.2) is 59.2 Å². The van der Waals surface area contributed by atoms with Crippen LogP contribution in [0.25, 0.3) is 5.69 Å². The van der Waals surface area contributed by atoms with E-state index in [2.05, 4.69) is 26.2 Å². The van der Waals surface area contributed by atoms with Crippen LogP contribution in [0, 0.1) is 0 Å². The maximum absolute atomic E-state index is 10.6. The third kappa shape index (κ3) is 2.85. The highest BCUT2D eigenvalue weighted by Crippen LogP contribution is 2.29. The second kappa shape index (κ2) is 5.97. The summed E-state index contributed by atoms with van der Waals surface area (Å²) >= 11 is 9.41. The topological polar surface area (TPSA) is 50.9 Å². The summed E-state index contributed by atoms with van der Waals surface area (Å²) in [6.45, 7) is 0. The Morgan fingerprint density at radius 3 is 2.62 bits per heavy atom. The summed E-state index contributed by atoms with van der Waals surface area (Å²) in [7, 11) is 0. The molecule has 1 atom stereocenters. The first kappa shape index (κ1) is 14.3. The van der Waals surface area contributed by atoms with E-state index in [9.17, 15) is 5.11 Å². The van der Waals surface area contributed by atoms with Crippen molar-refractivity contribution >= 4 is 27.5 Å². The molecule has 21 heavy (non-hydrogen) atoms. The van der Waals surface area contributed by atoms with Crippen LogP contribution in [0.2, 0.25) is 5.02 Å². The summed E-state index contributed by atoms with van der Waals surface area (Å²) in [6.07, 6.45) is 0.693. The van der Waals surface area contributed by atoms with Crippen molar-refractivity contribution in [3.63, 3.8) is 0 Å². The molecule has 1 heterocycles. The number of aromatic nitrogens is 3. The van der Waals surface area contributed by atoms with Crippen molar-refractivity contribution < 1.29 is 5.11 Å². The standard InChI is InChI=1S/C15H11BrClN3O/c16-12-7-6-10(8-13(12)17)15(21)14-9-18-19-20(14)11-4-2-1-3-5-11/h1-9,15,21H. The van der Waals surface area contributed by atoms with Gasteiger partial charge >= 0.3 is 0 Å². The van der Waals surface area contributed by atoms with Gasteiger partial charge in [0.25, 0.3) is 0 Å². The van der Waals surface area contributed by atoms with Crippen LogP contribution >= 0.6 is 27.5 Å². The van der Waals surface area contributed by atoms with Crippen LogP contribution in [-0.2, 0) is 0 Å². The van der Waals surface area contributed by atoms with Gasteiger partial charge < -0.3 is 5.11 Å². The number of hydrogen-bond donors (Lipinski definition) is 1. The van der Waals surface area contributed by atoms with Gasteiger partial charge in [-0.3, -0.25) is 0 Å². The lowest BCUT2D eigenvalue weighted by Gasteiger charge is -2.13. The Balaban J connectivity index is 2.01. The van der Waals surface area contributed by atoms with E-state index in [0.717, 1.165) is 10.2 Å². The maximum Gasteiger partial charge on any atom is 0.123 e. The molecule has 0 aliphatic rings. The monoisotopic (exact) mass is 363 g/mol. The molecular weight excluding hydrogens is 354 g/mol. The Bertz CT molecular complexity index is 761. The molecule has 0 aliphatic carbocycles. The Morgan fingerprint density at radius 1 is 1.14 bits per heavy atom. The van der Waals surface area contributed by atoms with Gasteiger partial charge in [-0.1, -0.05) is 41.1 Å². The maximum atomic E-state index is 10.6. The van der Waals surface area contributed by atoms with Crippen molar-refractivity contribution in [3.05, 3.63) is 75.5 Å². The summed E-state index contributed by atoms with van der Waals surface area (Å²) in [5.41, 5.74) is 2.11. The third-order valence-corrected chi connectivity index (χ3v) is 4.35. The van der Waals surface area contributed by atoms with Gasteiger partial charge in [0.05, 0.1) is 22.6 Å². The van der Waals surface area contributed by atoms with Gasteiger partial charge in [-0.15, -0.1) is 5.10 Å². The molecular formula is C15H11BrClN3O. The Morgan fingerprint density at radius 2 is 1.90 bits per heavy atom. The molecule has 1 unspecified atom stereocenters. The van der Waals surface area contributed by atoms with Gasteiger partial charge in [0.2, 0.25) is 0 Å². The summed E-state index contributed by atoms with van der Waals surface area (Å²) in [5, 5.41) is 19.0. The van der Waals surface area contributed by atoms with Crippen molar-refractivity contribution in [1.29, 1.82) is 0 Å². The first-order valence-corrected chi connectivity index (χ1v) is 7.43. The van der Waals surface area contributed by atoms with Gasteiger partial charge in [-0.05, 0) is 45.8 Å². The number of nitrogens with zero attached hydrogens (tertiary/aromatic N) is 3. The second-order valence-electron chi connectivity index (χ2n) is 4.48. The van der Waals surface area contributed by atoms with Crippen molar-refractivity contribution in [2.45, 2.75) is 6.10 Å². The SMILES string of the molecule is OC(c1ccc(Br)c(Cl)c1)c1cnnn1-c1ccccc1. The molecule has 0 spiro atoms. The summed E-state index contributed by atoms with van der Waals surface area (Å²) in [4.78, 5) is 0. The predicted octanol–water partition coefficient (Wildman–Crippen LogP) is 3.76. The molecule has 1 aromatic heterocycles. The fourth-order valence-electron chi connectivity index (χ4n) is 2.05. The lowest BCUT2D eigenvalue weighted by atomic mass is 10.1.